The van der Waals surface area contributed by atoms with Crippen molar-refractivity contribution < 1.29 is 14.6 Å². The lowest BCUT2D eigenvalue weighted by Gasteiger charge is -2.23. The highest BCUT2D eigenvalue weighted by molar-refractivity contribution is 6.30. The summed E-state index contributed by atoms with van der Waals surface area (Å²) in [6.07, 6.45) is 0.566. The number of aliphatic hydroxyl groups excluding tert-OH is 1. The molecule has 0 fully saturated rings. The first-order valence-corrected chi connectivity index (χ1v) is 10.9. The third kappa shape index (κ3) is 5.79. The first-order chi connectivity index (χ1) is 14.9. The number of benzene rings is 2. The van der Waals surface area contributed by atoms with Gasteiger partial charge in [0.05, 0.1) is 30.2 Å². The normalized spacial score (nSPS) is 12.2. The Morgan fingerprint density at radius 1 is 1.13 bits per heavy atom. The van der Waals surface area contributed by atoms with Gasteiger partial charge in [-0.3, -0.25) is 4.90 Å². The Bertz CT molecular complexity index is 986. The first-order valence-electron chi connectivity index (χ1n) is 10.5. The van der Waals surface area contributed by atoms with Gasteiger partial charge in [0.1, 0.15) is 0 Å². The molecule has 0 aliphatic heterocycles. The number of hydrogen-bond donors (Lipinski definition) is 1. The number of methoxy groups -OCH3 is 1. The van der Waals surface area contributed by atoms with Gasteiger partial charge in [-0.05, 0) is 63.2 Å². The van der Waals surface area contributed by atoms with Gasteiger partial charge >= 0.3 is 0 Å². The van der Waals surface area contributed by atoms with E-state index in [0.29, 0.717) is 35.5 Å². The number of nitrogens with zero attached hydrogens (tertiary/aromatic N) is 3. The summed E-state index contributed by atoms with van der Waals surface area (Å²) in [5.74, 6) is 1.87. The average molecular weight is 444 g/mol. The maximum atomic E-state index is 9.96. The Hall–Kier alpha value is -2.54. The molecule has 0 saturated carbocycles. The van der Waals surface area contributed by atoms with E-state index in [9.17, 15) is 5.11 Å². The van der Waals surface area contributed by atoms with E-state index >= 15 is 0 Å². The van der Waals surface area contributed by atoms with Crippen molar-refractivity contribution in [1.82, 2.24) is 14.7 Å². The summed E-state index contributed by atoms with van der Waals surface area (Å²) in [7, 11) is 1.62. The fourth-order valence-electron chi connectivity index (χ4n) is 3.54. The van der Waals surface area contributed by atoms with Crippen LogP contribution in [0.15, 0.2) is 48.5 Å². The third-order valence-corrected chi connectivity index (χ3v) is 5.18. The van der Waals surface area contributed by atoms with Crippen LogP contribution in [0.4, 0.5) is 0 Å². The summed E-state index contributed by atoms with van der Waals surface area (Å²) < 4.78 is 13.7. The summed E-state index contributed by atoms with van der Waals surface area (Å²) in [6.45, 7) is 7.97. The number of aromatic nitrogens is 2. The molecular weight excluding hydrogens is 414 g/mol. The fourth-order valence-corrected chi connectivity index (χ4v) is 3.66. The van der Waals surface area contributed by atoms with Crippen LogP contribution in [-0.4, -0.2) is 46.1 Å². The van der Waals surface area contributed by atoms with Crippen molar-refractivity contribution in [1.29, 1.82) is 0 Å². The Morgan fingerprint density at radius 3 is 2.42 bits per heavy atom. The molecule has 0 radical (unpaired) electrons. The molecule has 1 atom stereocenters. The Kier molecular flexibility index (Phi) is 7.96. The molecule has 1 heterocycles. The zero-order valence-corrected chi connectivity index (χ0v) is 19.3. The number of rotatable bonds is 10. The molecule has 0 bridgehead atoms. The van der Waals surface area contributed by atoms with Crippen LogP contribution in [0.1, 0.15) is 31.5 Å². The summed E-state index contributed by atoms with van der Waals surface area (Å²) in [6, 6.07) is 15.0. The number of hydrogen-bond acceptors (Lipinski definition) is 5. The Labute approximate surface area is 189 Å². The average Bonchev–Trinajstić information content (AvgIpc) is 3.04. The van der Waals surface area contributed by atoms with E-state index in [-0.39, 0.29) is 0 Å². The zero-order valence-electron chi connectivity index (χ0n) is 18.5. The van der Waals surface area contributed by atoms with Crippen LogP contribution in [0.2, 0.25) is 5.02 Å². The van der Waals surface area contributed by atoms with E-state index in [4.69, 9.17) is 26.2 Å². The molecule has 1 aromatic heterocycles. The molecule has 1 N–H and O–H groups in total. The van der Waals surface area contributed by atoms with Crippen LogP contribution in [-0.2, 0) is 6.54 Å². The van der Waals surface area contributed by atoms with E-state index in [0.717, 1.165) is 29.9 Å². The molecular formula is C24H30ClN3O3. The smallest absolute Gasteiger partial charge is 0.227 e. The molecule has 0 aliphatic carbocycles. The highest BCUT2D eigenvalue weighted by Crippen LogP contribution is 2.36. The Balaban J connectivity index is 2.07. The topological polar surface area (TPSA) is 59.8 Å². The predicted octanol–water partition coefficient (Wildman–Crippen LogP) is 5.23. The molecule has 166 valence electrons. The SMILES string of the molecule is CCCN(Cc1c(C)nn(-c2ccc(Cl)cc2)c1Oc1ccccc1OC)C[C@@H](C)O. The Morgan fingerprint density at radius 2 is 1.81 bits per heavy atom. The minimum atomic E-state index is -0.420. The van der Waals surface area contributed by atoms with Gasteiger partial charge in [0.25, 0.3) is 0 Å². The van der Waals surface area contributed by atoms with Gasteiger partial charge in [-0.1, -0.05) is 30.7 Å². The summed E-state index contributed by atoms with van der Waals surface area (Å²) >= 11 is 6.09. The molecule has 7 heteroatoms. The van der Waals surface area contributed by atoms with Crippen molar-refractivity contribution >= 4 is 11.6 Å². The van der Waals surface area contributed by atoms with Crippen LogP contribution in [0.3, 0.4) is 0 Å². The molecule has 0 saturated heterocycles. The van der Waals surface area contributed by atoms with Crippen LogP contribution in [0.5, 0.6) is 17.4 Å². The molecule has 0 amide bonds. The van der Waals surface area contributed by atoms with E-state index < -0.39 is 6.10 Å². The molecule has 3 aromatic rings. The minimum Gasteiger partial charge on any atom is -0.493 e. The van der Waals surface area contributed by atoms with Crippen molar-refractivity contribution in [2.75, 3.05) is 20.2 Å². The quantitative estimate of drug-likeness (QED) is 0.465. The lowest BCUT2D eigenvalue weighted by molar-refractivity contribution is 0.122. The third-order valence-electron chi connectivity index (χ3n) is 4.93. The van der Waals surface area contributed by atoms with Gasteiger partial charge in [0.2, 0.25) is 5.88 Å². The minimum absolute atomic E-state index is 0.420. The molecule has 31 heavy (non-hydrogen) atoms. The van der Waals surface area contributed by atoms with Crippen molar-refractivity contribution in [3.63, 3.8) is 0 Å². The number of ether oxygens (including phenoxy) is 2. The maximum Gasteiger partial charge on any atom is 0.227 e. The monoisotopic (exact) mass is 443 g/mol. The van der Waals surface area contributed by atoms with Gasteiger partial charge in [-0.15, -0.1) is 0 Å². The van der Waals surface area contributed by atoms with Crippen LogP contribution in [0, 0.1) is 6.92 Å². The standard InChI is InChI=1S/C24H30ClN3O3/c1-5-14-27(15-17(2)29)16-21-18(3)26-28(20-12-10-19(25)11-13-20)24(21)31-23-9-7-6-8-22(23)30-4/h6-13,17,29H,5,14-16H2,1-4H3/t17-/m1/s1. The van der Waals surface area contributed by atoms with Crippen molar-refractivity contribution in [2.45, 2.75) is 39.8 Å². The number of aliphatic hydroxyl groups is 1. The van der Waals surface area contributed by atoms with E-state index in [1.165, 1.54) is 0 Å². The second kappa shape index (κ2) is 10.7. The molecule has 2 aromatic carbocycles. The van der Waals surface area contributed by atoms with E-state index in [1.54, 1.807) is 18.7 Å². The van der Waals surface area contributed by atoms with Crippen LogP contribution in [0.25, 0.3) is 5.69 Å². The number of halogens is 1. The molecule has 0 unspecified atom stereocenters. The summed E-state index contributed by atoms with van der Waals surface area (Å²) in [5.41, 5.74) is 2.68. The highest BCUT2D eigenvalue weighted by Gasteiger charge is 2.22. The summed E-state index contributed by atoms with van der Waals surface area (Å²) in [4.78, 5) is 2.22. The number of para-hydroxylation sites is 2. The largest absolute Gasteiger partial charge is 0.493 e. The second-order valence-electron chi connectivity index (χ2n) is 7.59. The van der Waals surface area contributed by atoms with Gasteiger partial charge in [0.15, 0.2) is 11.5 Å². The second-order valence-corrected chi connectivity index (χ2v) is 8.03. The van der Waals surface area contributed by atoms with Crippen LogP contribution < -0.4 is 9.47 Å². The summed E-state index contributed by atoms with van der Waals surface area (Å²) in [5, 5.41) is 15.4. The van der Waals surface area contributed by atoms with Gasteiger partial charge in [-0.2, -0.15) is 5.10 Å². The van der Waals surface area contributed by atoms with Gasteiger partial charge in [0, 0.05) is 18.1 Å². The van der Waals surface area contributed by atoms with Crippen molar-refractivity contribution in [2.24, 2.45) is 0 Å². The van der Waals surface area contributed by atoms with E-state index in [1.807, 2.05) is 55.5 Å². The van der Waals surface area contributed by atoms with E-state index in [2.05, 4.69) is 11.8 Å². The lowest BCUT2D eigenvalue weighted by atomic mass is 10.2. The van der Waals surface area contributed by atoms with Gasteiger partial charge < -0.3 is 14.6 Å². The van der Waals surface area contributed by atoms with Crippen LogP contribution >= 0.6 is 11.6 Å². The molecule has 6 nitrogen and oxygen atoms in total. The molecule has 0 aliphatic rings. The van der Waals surface area contributed by atoms with Gasteiger partial charge in [-0.25, -0.2) is 4.68 Å². The lowest BCUT2D eigenvalue weighted by Crippen LogP contribution is -2.31. The van der Waals surface area contributed by atoms with Crippen molar-refractivity contribution in [3.8, 4) is 23.1 Å². The molecule has 3 rings (SSSR count). The first kappa shape index (κ1) is 23.1. The maximum absolute atomic E-state index is 9.96. The fraction of sp³-hybridized carbons (Fsp3) is 0.375. The molecule has 0 spiro atoms. The van der Waals surface area contributed by atoms with Crippen molar-refractivity contribution in [3.05, 3.63) is 64.8 Å². The zero-order chi connectivity index (χ0) is 22.4. The highest BCUT2D eigenvalue weighted by atomic mass is 35.5. The predicted molar refractivity (Wildman–Crippen MR) is 124 cm³/mol. The number of aryl methyl sites for hydroxylation is 1.